The molecule has 1 aromatic carbocycles. The molecule has 0 aliphatic carbocycles. The van der Waals surface area contributed by atoms with E-state index in [9.17, 15) is 9.59 Å². The molecule has 0 bridgehead atoms. The molecule has 0 unspecified atom stereocenters. The highest BCUT2D eigenvalue weighted by molar-refractivity contribution is 7.10. The predicted molar refractivity (Wildman–Crippen MR) is 105 cm³/mol. The van der Waals surface area contributed by atoms with E-state index < -0.39 is 0 Å². The molecular formula is C19H19N5O2S. The van der Waals surface area contributed by atoms with Crippen LogP contribution in [0, 0.1) is 0 Å². The highest BCUT2D eigenvalue weighted by Crippen LogP contribution is 2.24. The fourth-order valence-corrected chi connectivity index (χ4v) is 2.97. The van der Waals surface area contributed by atoms with Gasteiger partial charge in [-0.25, -0.2) is 4.79 Å². The van der Waals surface area contributed by atoms with Crippen LogP contribution in [0.2, 0.25) is 0 Å². The second-order valence-electron chi connectivity index (χ2n) is 5.71. The summed E-state index contributed by atoms with van der Waals surface area (Å²) in [4.78, 5) is 27.7. The van der Waals surface area contributed by atoms with Gasteiger partial charge in [-0.1, -0.05) is 30.3 Å². The Kier molecular flexibility index (Phi) is 6.48. The number of nitrogens with zero attached hydrogens (tertiary/aromatic N) is 2. The number of hydrogen-bond donors (Lipinski definition) is 3. The van der Waals surface area contributed by atoms with Gasteiger partial charge in [0.2, 0.25) is 5.91 Å². The van der Waals surface area contributed by atoms with Gasteiger partial charge < -0.3 is 10.6 Å². The third-order valence-corrected chi connectivity index (χ3v) is 4.40. The van der Waals surface area contributed by atoms with Gasteiger partial charge in [-0.2, -0.15) is 4.37 Å². The van der Waals surface area contributed by atoms with Gasteiger partial charge in [0.25, 0.3) is 0 Å². The lowest BCUT2D eigenvalue weighted by atomic mass is 10.2. The Morgan fingerprint density at radius 1 is 1.00 bits per heavy atom. The van der Waals surface area contributed by atoms with Crippen LogP contribution in [0.1, 0.15) is 12.0 Å². The number of amides is 3. The van der Waals surface area contributed by atoms with E-state index in [1.165, 1.54) is 11.5 Å². The Balaban J connectivity index is 1.37. The van der Waals surface area contributed by atoms with Gasteiger partial charge in [0.1, 0.15) is 5.00 Å². The van der Waals surface area contributed by atoms with Crippen LogP contribution in [0.3, 0.4) is 0 Å². The molecule has 8 heteroatoms. The molecule has 0 spiro atoms. The van der Waals surface area contributed by atoms with Crippen molar-refractivity contribution in [1.29, 1.82) is 0 Å². The largest absolute Gasteiger partial charge is 0.352 e. The molecule has 0 saturated carbocycles. The number of hydrogen-bond acceptors (Lipinski definition) is 5. The van der Waals surface area contributed by atoms with Crippen LogP contribution >= 0.6 is 11.5 Å². The summed E-state index contributed by atoms with van der Waals surface area (Å²) < 4.78 is 4.33. The molecule has 27 heavy (non-hydrogen) atoms. The Labute approximate surface area is 161 Å². The van der Waals surface area contributed by atoms with Gasteiger partial charge in [0.05, 0.1) is 5.69 Å². The summed E-state index contributed by atoms with van der Waals surface area (Å²) in [7, 11) is 0. The van der Waals surface area contributed by atoms with Gasteiger partial charge in [-0.05, 0) is 29.2 Å². The van der Waals surface area contributed by atoms with Crippen molar-refractivity contribution in [3.63, 3.8) is 0 Å². The van der Waals surface area contributed by atoms with Gasteiger partial charge in [0.15, 0.2) is 0 Å². The zero-order chi connectivity index (χ0) is 18.9. The molecule has 3 amide bonds. The fourth-order valence-electron chi connectivity index (χ4n) is 2.31. The number of benzene rings is 1. The monoisotopic (exact) mass is 381 g/mol. The van der Waals surface area contributed by atoms with Gasteiger partial charge in [0, 0.05) is 43.5 Å². The average Bonchev–Trinajstić information content (AvgIpc) is 3.16. The Morgan fingerprint density at radius 2 is 1.78 bits per heavy atom. The van der Waals surface area contributed by atoms with Crippen LogP contribution in [-0.2, 0) is 11.3 Å². The van der Waals surface area contributed by atoms with Crippen LogP contribution in [0.15, 0.2) is 60.9 Å². The van der Waals surface area contributed by atoms with Crippen LogP contribution in [0.5, 0.6) is 0 Å². The van der Waals surface area contributed by atoms with E-state index >= 15 is 0 Å². The van der Waals surface area contributed by atoms with Crippen molar-refractivity contribution >= 4 is 28.5 Å². The molecule has 7 nitrogen and oxygen atoms in total. The summed E-state index contributed by atoms with van der Waals surface area (Å²) in [6.07, 6.45) is 3.56. The number of rotatable bonds is 7. The molecule has 3 N–H and O–H groups in total. The molecule has 0 radical (unpaired) electrons. The number of urea groups is 1. The van der Waals surface area contributed by atoms with Crippen LogP contribution in [0.25, 0.3) is 11.3 Å². The number of aromatic nitrogens is 2. The molecule has 0 aliphatic heterocycles. The number of anilines is 1. The first-order valence-electron chi connectivity index (χ1n) is 8.43. The maximum Gasteiger partial charge on any atom is 0.319 e. The summed E-state index contributed by atoms with van der Waals surface area (Å²) in [6, 6.07) is 14.9. The quantitative estimate of drug-likeness (QED) is 0.586. The standard InChI is InChI=1S/C19H19N5O2S/c25-17(22-13-14-6-9-20-10-7-14)8-11-21-19(26)23-18-12-16(24-27-18)15-4-2-1-3-5-15/h1-7,9-10,12H,8,11,13H2,(H,22,25)(H2,21,23,26). The molecule has 0 saturated heterocycles. The van der Waals surface area contributed by atoms with Crippen molar-refractivity contribution in [3.05, 3.63) is 66.5 Å². The third-order valence-electron chi connectivity index (χ3n) is 3.69. The summed E-state index contributed by atoms with van der Waals surface area (Å²) in [5, 5.41) is 8.84. The molecule has 2 aromatic heterocycles. The van der Waals surface area contributed by atoms with Gasteiger partial charge in [-0.15, -0.1) is 0 Å². The third kappa shape index (κ3) is 5.89. The van der Waals surface area contributed by atoms with E-state index in [-0.39, 0.29) is 24.9 Å². The fraction of sp³-hybridized carbons (Fsp3) is 0.158. The molecule has 0 fully saturated rings. The van der Waals surface area contributed by atoms with Crippen molar-refractivity contribution in [2.75, 3.05) is 11.9 Å². The van der Waals surface area contributed by atoms with Crippen molar-refractivity contribution in [2.24, 2.45) is 0 Å². The van der Waals surface area contributed by atoms with Crippen LogP contribution in [-0.4, -0.2) is 27.8 Å². The van der Waals surface area contributed by atoms with Crippen molar-refractivity contribution in [3.8, 4) is 11.3 Å². The van der Waals surface area contributed by atoms with E-state index in [0.717, 1.165) is 16.8 Å². The lowest BCUT2D eigenvalue weighted by Crippen LogP contribution is -2.33. The first kappa shape index (κ1) is 18.5. The number of nitrogens with one attached hydrogen (secondary N) is 3. The Hall–Kier alpha value is -3.26. The molecular weight excluding hydrogens is 362 g/mol. The summed E-state index contributed by atoms with van der Waals surface area (Å²) in [5.74, 6) is -0.128. The lowest BCUT2D eigenvalue weighted by Gasteiger charge is -2.07. The van der Waals surface area contributed by atoms with E-state index in [1.54, 1.807) is 12.4 Å². The van der Waals surface area contributed by atoms with E-state index in [1.807, 2.05) is 48.5 Å². The molecule has 3 rings (SSSR count). The van der Waals surface area contributed by atoms with Crippen molar-refractivity contribution in [2.45, 2.75) is 13.0 Å². The molecule has 2 heterocycles. The summed E-state index contributed by atoms with van der Waals surface area (Å²) >= 11 is 1.21. The minimum Gasteiger partial charge on any atom is -0.352 e. The van der Waals surface area contributed by atoms with E-state index in [4.69, 9.17) is 0 Å². The molecule has 3 aromatic rings. The predicted octanol–water partition coefficient (Wildman–Crippen LogP) is 3.03. The first-order chi connectivity index (χ1) is 13.2. The highest BCUT2D eigenvalue weighted by Gasteiger charge is 2.08. The summed E-state index contributed by atoms with van der Waals surface area (Å²) in [5.41, 5.74) is 2.78. The molecule has 138 valence electrons. The smallest absolute Gasteiger partial charge is 0.319 e. The minimum absolute atomic E-state index is 0.128. The van der Waals surface area contributed by atoms with Crippen LogP contribution in [0.4, 0.5) is 9.80 Å². The maximum atomic E-state index is 11.9. The Morgan fingerprint density at radius 3 is 2.56 bits per heavy atom. The molecule has 0 aliphatic rings. The zero-order valence-corrected chi connectivity index (χ0v) is 15.3. The van der Waals surface area contributed by atoms with E-state index in [0.29, 0.717) is 11.5 Å². The minimum atomic E-state index is -0.361. The van der Waals surface area contributed by atoms with Crippen molar-refractivity contribution < 1.29 is 9.59 Å². The van der Waals surface area contributed by atoms with Crippen molar-refractivity contribution in [1.82, 2.24) is 20.0 Å². The SMILES string of the molecule is O=C(CCNC(=O)Nc1cc(-c2ccccc2)ns1)NCc1ccncc1. The average molecular weight is 381 g/mol. The zero-order valence-electron chi connectivity index (χ0n) is 14.5. The molecule has 0 atom stereocenters. The van der Waals surface area contributed by atoms with E-state index in [2.05, 4.69) is 25.3 Å². The first-order valence-corrected chi connectivity index (χ1v) is 9.20. The number of carbonyl (C=O) groups excluding carboxylic acids is 2. The number of pyridine rings is 1. The number of carbonyl (C=O) groups is 2. The lowest BCUT2D eigenvalue weighted by molar-refractivity contribution is -0.121. The maximum absolute atomic E-state index is 11.9. The van der Waals surface area contributed by atoms with Gasteiger partial charge in [-0.3, -0.25) is 15.1 Å². The normalized spacial score (nSPS) is 10.2. The Bertz CT molecular complexity index is 883. The van der Waals surface area contributed by atoms with Crippen LogP contribution < -0.4 is 16.0 Å². The summed E-state index contributed by atoms with van der Waals surface area (Å²) in [6.45, 7) is 0.690. The second-order valence-corrected chi connectivity index (χ2v) is 6.51. The van der Waals surface area contributed by atoms with Gasteiger partial charge >= 0.3 is 6.03 Å². The topological polar surface area (TPSA) is 96.0 Å². The highest BCUT2D eigenvalue weighted by atomic mass is 32.1. The second kappa shape index (κ2) is 9.44.